The number of aryl methyl sites for hydroxylation is 1. The van der Waals surface area contributed by atoms with Crippen molar-refractivity contribution in [2.45, 2.75) is 63.6 Å². The van der Waals surface area contributed by atoms with Crippen LogP contribution in [-0.2, 0) is 11.2 Å². The topological polar surface area (TPSA) is 71.8 Å². The molecule has 1 amide bonds. The van der Waals surface area contributed by atoms with Crippen molar-refractivity contribution in [3.8, 4) is 5.75 Å². The maximum atomic E-state index is 12.8. The average molecular weight is 384 g/mol. The molecule has 2 aliphatic rings. The molecule has 6 nitrogen and oxygen atoms in total. The Morgan fingerprint density at radius 2 is 2.00 bits per heavy atom. The molecule has 2 bridgehead atoms. The predicted molar refractivity (Wildman–Crippen MR) is 108 cm³/mol. The molecule has 4 rings (SSSR count). The van der Waals surface area contributed by atoms with E-state index in [1.54, 1.807) is 13.2 Å². The third-order valence-electron chi connectivity index (χ3n) is 6.47. The van der Waals surface area contributed by atoms with Crippen LogP contribution in [0.2, 0.25) is 0 Å². The highest BCUT2D eigenvalue weighted by Crippen LogP contribution is 2.30. The Morgan fingerprint density at radius 3 is 2.68 bits per heavy atom. The number of nitrogens with zero attached hydrogens (tertiary/aromatic N) is 1. The zero-order valence-corrected chi connectivity index (χ0v) is 16.8. The molecule has 3 heterocycles. The van der Waals surface area contributed by atoms with Crippen molar-refractivity contribution in [2.75, 3.05) is 14.2 Å². The van der Waals surface area contributed by atoms with E-state index in [1.165, 1.54) is 12.8 Å². The Hall–Kier alpha value is -2.34. The number of fused-ring (bicyclic) bond motifs is 3. The smallest absolute Gasteiger partial charge is 0.339 e. The van der Waals surface area contributed by atoms with Crippen molar-refractivity contribution >= 4 is 16.9 Å². The number of hydrogen-bond acceptors (Lipinski definition) is 5. The van der Waals surface area contributed by atoms with Gasteiger partial charge in [0, 0.05) is 48.6 Å². The minimum absolute atomic E-state index is 0.0972. The lowest BCUT2D eigenvalue weighted by Gasteiger charge is -2.35. The molecule has 1 aromatic carbocycles. The second kappa shape index (κ2) is 7.59. The third kappa shape index (κ3) is 3.53. The van der Waals surface area contributed by atoms with E-state index in [2.05, 4.69) is 5.32 Å². The van der Waals surface area contributed by atoms with Crippen LogP contribution in [0.1, 0.15) is 43.2 Å². The minimum Gasteiger partial charge on any atom is -0.497 e. The van der Waals surface area contributed by atoms with Crippen molar-refractivity contribution in [1.82, 2.24) is 10.2 Å². The molecule has 2 aromatic rings. The van der Waals surface area contributed by atoms with Gasteiger partial charge in [-0.25, -0.2) is 4.79 Å². The Labute approximate surface area is 164 Å². The number of rotatable bonds is 5. The van der Waals surface area contributed by atoms with Crippen LogP contribution < -0.4 is 15.7 Å². The van der Waals surface area contributed by atoms with Crippen LogP contribution in [0.15, 0.2) is 27.4 Å². The fourth-order valence-electron chi connectivity index (χ4n) is 4.75. The zero-order valence-electron chi connectivity index (χ0n) is 16.8. The van der Waals surface area contributed by atoms with Gasteiger partial charge in [0.1, 0.15) is 11.3 Å². The summed E-state index contributed by atoms with van der Waals surface area (Å²) in [6, 6.07) is 6.86. The highest BCUT2D eigenvalue weighted by atomic mass is 16.5. The molecule has 2 aliphatic heterocycles. The second-order valence-electron chi connectivity index (χ2n) is 8.12. The molecule has 0 saturated carbocycles. The van der Waals surface area contributed by atoms with Gasteiger partial charge in [0.05, 0.1) is 7.11 Å². The molecule has 0 radical (unpaired) electrons. The molecule has 28 heavy (non-hydrogen) atoms. The first kappa shape index (κ1) is 19.0. The van der Waals surface area contributed by atoms with E-state index in [9.17, 15) is 9.59 Å². The standard InChI is InChI=1S/C22H28N2O4/c1-13-18-7-6-17(27-3)12-20(18)28-22(26)19(13)8-9-21(25)24(2)16-10-14-4-5-15(11-16)23-14/h6-7,12,14-16,23H,4-5,8-11H2,1-3H3. The summed E-state index contributed by atoms with van der Waals surface area (Å²) < 4.78 is 10.7. The third-order valence-corrected chi connectivity index (χ3v) is 6.47. The fourth-order valence-corrected chi connectivity index (χ4v) is 4.75. The summed E-state index contributed by atoms with van der Waals surface area (Å²) in [5, 5.41) is 4.49. The first-order valence-corrected chi connectivity index (χ1v) is 10.1. The Balaban J connectivity index is 1.47. The molecule has 2 saturated heterocycles. The quantitative estimate of drug-likeness (QED) is 0.803. The molecule has 2 atom stereocenters. The van der Waals surface area contributed by atoms with Gasteiger partial charge < -0.3 is 19.4 Å². The molecule has 6 heteroatoms. The van der Waals surface area contributed by atoms with Gasteiger partial charge in [0.15, 0.2) is 0 Å². The molecule has 150 valence electrons. The minimum atomic E-state index is -0.367. The molecule has 2 fully saturated rings. The van der Waals surface area contributed by atoms with E-state index in [4.69, 9.17) is 9.15 Å². The van der Waals surface area contributed by atoms with Crippen LogP contribution in [0.3, 0.4) is 0 Å². The number of nitrogens with one attached hydrogen (secondary N) is 1. The lowest BCUT2D eigenvalue weighted by Crippen LogP contribution is -2.48. The number of hydrogen-bond donors (Lipinski definition) is 1. The highest BCUT2D eigenvalue weighted by Gasteiger charge is 2.36. The number of methoxy groups -OCH3 is 1. The summed E-state index contributed by atoms with van der Waals surface area (Å²) in [6.45, 7) is 1.92. The van der Waals surface area contributed by atoms with Crippen molar-refractivity contribution < 1.29 is 13.9 Å². The summed E-state index contributed by atoms with van der Waals surface area (Å²) in [7, 11) is 3.48. The zero-order chi connectivity index (χ0) is 19.8. The normalized spacial score (nSPS) is 23.8. The summed E-state index contributed by atoms with van der Waals surface area (Å²) in [4.78, 5) is 27.2. The van der Waals surface area contributed by atoms with Crippen LogP contribution in [-0.4, -0.2) is 43.1 Å². The van der Waals surface area contributed by atoms with E-state index in [1.807, 2.05) is 31.0 Å². The Morgan fingerprint density at radius 1 is 1.29 bits per heavy atom. The number of benzene rings is 1. The van der Waals surface area contributed by atoms with Crippen LogP contribution in [0.5, 0.6) is 5.75 Å². The number of carbonyl (C=O) groups is 1. The summed E-state index contributed by atoms with van der Waals surface area (Å²) in [6.07, 6.45) is 5.20. The highest BCUT2D eigenvalue weighted by molar-refractivity contribution is 5.82. The molecule has 2 unspecified atom stereocenters. The summed E-state index contributed by atoms with van der Waals surface area (Å²) in [5.41, 5.74) is 1.61. The van der Waals surface area contributed by atoms with E-state index >= 15 is 0 Å². The lowest BCUT2D eigenvalue weighted by atomic mass is 9.97. The number of carbonyl (C=O) groups excluding carboxylic acids is 1. The summed E-state index contributed by atoms with van der Waals surface area (Å²) >= 11 is 0. The van der Waals surface area contributed by atoms with Crippen molar-refractivity contribution in [3.63, 3.8) is 0 Å². The van der Waals surface area contributed by atoms with Crippen LogP contribution in [0.4, 0.5) is 0 Å². The van der Waals surface area contributed by atoms with Gasteiger partial charge in [0.25, 0.3) is 0 Å². The van der Waals surface area contributed by atoms with Gasteiger partial charge in [-0.1, -0.05) is 0 Å². The van der Waals surface area contributed by atoms with Crippen LogP contribution >= 0.6 is 0 Å². The Bertz CT molecular complexity index is 939. The van der Waals surface area contributed by atoms with Crippen molar-refractivity contribution in [1.29, 1.82) is 0 Å². The Kier molecular flexibility index (Phi) is 5.15. The summed E-state index contributed by atoms with van der Waals surface area (Å²) in [5.74, 6) is 0.746. The van der Waals surface area contributed by atoms with Crippen molar-refractivity contribution in [2.24, 2.45) is 0 Å². The van der Waals surface area contributed by atoms with Gasteiger partial charge in [-0.05, 0) is 56.7 Å². The van der Waals surface area contributed by atoms with Gasteiger partial charge >= 0.3 is 5.63 Å². The maximum absolute atomic E-state index is 12.8. The van der Waals surface area contributed by atoms with Crippen LogP contribution in [0.25, 0.3) is 11.0 Å². The van der Waals surface area contributed by atoms with Gasteiger partial charge in [-0.3, -0.25) is 4.79 Å². The van der Waals surface area contributed by atoms with Gasteiger partial charge in [-0.15, -0.1) is 0 Å². The number of amides is 1. The molecule has 0 aliphatic carbocycles. The SMILES string of the molecule is COc1ccc2c(C)c(CCC(=O)N(C)C3CC4CCC(C3)N4)c(=O)oc2c1. The van der Waals surface area contributed by atoms with Gasteiger partial charge in [0.2, 0.25) is 5.91 Å². The van der Waals surface area contributed by atoms with E-state index in [-0.39, 0.29) is 11.5 Å². The fraction of sp³-hybridized carbons (Fsp3) is 0.545. The van der Waals surface area contributed by atoms with E-state index < -0.39 is 0 Å². The first-order chi connectivity index (χ1) is 13.5. The molecular formula is C22H28N2O4. The monoisotopic (exact) mass is 384 g/mol. The molecule has 0 spiro atoms. The molecule has 1 N–H and O–H groups in total. The average Bonchev–Trinajstić information content (AvgIpc) is 3.04. The lowest BCUT2D eigenvalue weighted by molar-refractivity contribution is -0.132. The first-order valence-electron chi connectivity index (χ1n) is 10.1. The van der Waals surface area contributed by atoms with Crippen LogP contribution in [0, 0.1) is 6.92 Å². The molecule has 1 aromatic heterocycles. The van der Waals surface area contributed by atoms with E-state index in [0.29, 0.717) is 47.9 Å². The maximum Gasteiger partial charge on any atom is 0.339 e. The molecular weight excluding hydrogens is 356 g/mol. The largest absolute Gasteiger partial charge is 0.497 e. The second-order valence-corrected chi connectivity index (χ2v) is 8.12. The number of piperidine rings is 1. The van der Waals surface area contributed by atoms with E-state index in [0.717, 1.165) is 23.8 Å². The number of ether oxygens (including phenoxy) is 1. The predicted octanol–water partition coefficient (Wildman–Crippen LogP) is 2.78. The van der Waals surface area contributed by atoms with Crippen molar-refractivity contribution in [3.05, 3.63) is 39.7 Å². The van der Waals surface area contributed by atoms with Gasteiger partial charge in [-0.2, -0.15) is 0 Å².